The zero-order valence-corrected chi connectivity index (χ0v) is 15.4. The summed E-state index contributed by atoms with van der Waals surface area (Å²) in [5.74, 6) is -0.396. The van der Waals surface area contributed by atoms with Crippen molar-refractivity contribution in [3.05, 3.63) is 58.1 Å². The van der Waals surface area contributed by atoms with Crippen LogP contribution in [0.25, 0.3) is 0 Å². The summed E-state index contributed by atoms with van der Waals surface area (Å²) in [4.78, 5) is 28.4. The number of halogens is 2. The summed E-state index contributed by atoms with van der Waals surface area (Å²) in [6, 6.07) is 11.5. The van der Waals surface area contributed by atoms with Crippen LogP contribution in [0.1, 0.15) is 12.0 Å². The summed E-state index contributed by atoms with van der Waals surface area (Å²) in [5.41, 5.74) is 2.33. The van der Waals surface area contributed by atoms with Gasteiger partial charge in [0.2, 0.25) is 11.9 Å². The van der Waals surface area contributed by atoms with E-state index in [9.17, 15) is 9.59 Å². The molecule has 2 aromatic carbocycles. The Kier molecular flexibility index (Phi) is 5.44. The highest BCUT2D eigenvalue weighted by molar-refractivity contribution is 6.36. The zero-order chi connectivity index (χ0) is 18.7. The number of hydrogen-bond acceptors (Lipinski definition) is 4. The molecule has 0 aromatic heterocycles. The molecular formula is C18H16Cl2N4O2. The molecule has 2 amide bonds. The minimum Gasteiger partial charge on any atom is -0.326 e. The molecule has 0 saturated carbocycles. The van der Waals surface area contributed by atoms with Gasteiger partial charge in [-0.25, -0.2) is 4.99 Å². The Morgan fingerprint density at radius 1 is 1.19 bits per heavy atom. The molecule has 0 aliphatic carbocycles. The van der Waals surface area contributed by atoms with Crippen molar-refractivity contribution in [2.75, 3.05) is 10.6 Å². The fraction of sp³-hybridized carbons (Fsp3) is 0.167. The number of anilines is 2. The Morgan fingerprint density at radius 2 is 1.92 bits per heavy atom. The van der Waals surface area contributed by atoms with Gasteiger partial charge in [-0.1, -0.05) is 40.9 Å². The van der Waals surface area contributed by atoms with E-state index in [0.29, 0.717) is 21.4 Å². The molecule has 3 rings (SSSR count). The van der Waals surface area contributed by atoms with Gasteiger partial charge in [0.1, 0.15) is 6.04 Å². The quantitative estimate of drug-likeness (QED) is 0.745. The number of nitrogens with zero attached hydrogens (tertiary/aromatic N) is 1. The molecule has 1 aliphatic heterocycles. The van der Waals surface area contributed by atoms with Crippen LogP contribution in [0.5, 0.6) is 0 Å². The van der Waals surface area contributed by atoms with Crippen molar-refractivity contribution in [3.63, 3.8) is 0 Å². The first kappa shape index (κ1) is 18.2. The van der Waals surface area contributed by atoms with Gasteiger partial charge in [-0.05, 0) is 37.3 Å². The standard InChI is InChI=1S/C18H16Cl2N4O2/c1-10-2-5-12(6-3-10)21-16(25)9-15-17(26)24-18(23-15)22-14-7-4-11(19)8-13(14)20/h2-8,15H,9H2,1H3,(H,21,25)(H2,22,23,24,26)/t15-/m0/s1. The molecule has 1 aliphatic rings. The Labute approximate surface area is 160 Å². The highest BCUT2D eigenvalue weighted by atomic mass is 35.5. The van der Waals surface area contributed by atoms with Crippen LogP contribution in [-0.4, -0.2) is 23.8 Å². The smallest absolute Gasteiger partial charge is 0.252 e. The van der Waals surface area contributed by atoms with Gasteiger partial charge in [0.15, 0.2) is 0 Å². The maximum absolute atomic E-state index is 12.1. The number of benzene rings is 2. The maximum Gasteiger partial charge on any atom is 0.252 e. The van der Waals surface area contributed by atoms with Gasteiger partial charge in [-0.2, -0.15) is 0 Å². The van der Waals surface area contributed by atoms with Crippen molar-refractivity contribution in [3.8, 4) is 0 Å². The van der Waals surface area contributed by atoms with E-state index in [0.717, 1.165) is 5.56 Å². The van der Waals surface area contributed by atoms with Gasteiger partial charge in [-0.15, -0.1) is 0 Å². The lowest BCUT2D eigenvalue weighted by atomic mass is 10.2. The van der Waals surface area contributed by atoms with E-state index < -0.39 is 6.04 Å². The Balaban J connectivity index is 1.62. The largest absolute Gasteiger partial charge is 0.326 e. The van der Waals surface area contributed by atoms with E-state index in [1.54, 1.807) is 30.3 Å². The molecule has 0 radical (unpaired) electrons. The van der Waals surface area contributed by atoms with Gasteiger partial charge in [0, 0.05) is 10.7 Å². The van der Waals surface area contributed by atoms with Gasteiger partial charge < -0.3 is 10.6 Å². The van der Waals surface area contributed by atoms with E-state index >= 15 is 0 Å². The summed E-state index contributed by atoms with van der Waals surface area (Å²) in [6.45, 7) is 1.96. The van der Waals surface area contributed by atoms with E-state index in [1.807, 2.05) is 19.1 Å². The summed E-state index contributed by atoms with van der Waals surface area (Å²) >= 11 is 11.9. The number of aryl methyl sites for hydroxylation is 1. The number of amides is 2. The average Bonchev–Trinajstić information content (AvgIpc) is 2.92. The third-order valence-electron chi connectivity index (χ3n) is 3.73. The molecule has 1 heterocycles. The van der Waals surface area contributed by atoms with E-state index in [4.69, 9.17) is 23.2 Å². The van der Waals surface area contributed by atoms with Crippen LogP contribution in [0.15, 0.2) is 47.5 Å². The molecule has 0 bridgehead atoms. The number of carbonyl (C=O) groups excluding carboxylic acids is 2. The summed E-state index contributed by atoms with van der Waals surface area (Å²) in [5, 5.41) is 9.17. The monoisotopic (exact) mass is 390 g/mol. The summed E-state index contributed by atoms with van der Waals surface area (Å²) in [7, 11) is 0. The van der Waals surface area contributed by atoms with Crippen LogP contribution in [0.4, 0.5) is 11.4 Å². The lowest BCUT2D eigenvalue weighted by Gasteiger charge is -2.07. The van der Waals surface area contributed by atoms with Crippen LogP contribution in [0, 0.1) is 6.92 Å². The lowest BCUT2D eigenvalue weighted by molar-refractivity contribution is -0.123. The number of nitrogens with one attached hydrogen (secondary N) is 3. The lowest BCUT2D eigenvalue weighted by Crippen LogP contribution is -2.33. The number of carbonyl (C=O) groups is 2. The van der Waals surface area contributed by atoms with Gasteiger partial charge in [0.05, 0.1) is 17.1 Å². The second-order valence-electron chi connectivity index (χ2n) is 5.85. The highest BCUT2D eigenvalue weighted by Gasteiger charge is 2.28. The minimum atomic E-state index is -0.797. The second-order valence-corrected chi connectivity index (χ2v) is 6.69. The third kappa shape index (κ3) is 4.53. The molecular weight excluding hydrogens is 375 g/mol. The number of rotatable bonds is 4. The number of hydrogen-bond donors (Lipinski definition) is 3. The van der Waals surface area contributed by atoms with Crippen LogP contribution < -0.4 is 16.0 Å². The first-order chi connectivity index (χ1) is 12.4. The maximum atomic E-state index is 12.1. The van der Waals surface area contributed by atoms with Gasteiger partial charge in [-0.3, -0.25) is 14.9 Å². The molecule has 0 unspecified atom stereocenters. The molecule has 8 heteroatoms. The first-order valence-corrected chi connectivity index (χ1v) is 8.63. The topological polar surface area (TPSA) is 82.6 Å². The molecule has 1 atom stereocenters. The van der Waals surface area contributed by atoms with Crippen LogP contribution in [0.3, 0.4) is 0 Å². The third-order valence-corrected chi connectivity index (χ3v) is 4.28. The summed E-state index contributed by atoms with van der Waals surface area (Å²) in [6.07, 6.45) is -0.0563. The van der Waals surface area contributed by atoms with Crippen LogP contribution >= 0.6 is 23.2 Å². The Morgan fingerprint density at radius 3 is 2.62 bits per heavy atom. The van der Waals surface area contributed by atoms with E-state index in [2.05, 4.69) is 20.9 Å². The highest BCUT2D eigenvalue weighted by Crippen LogP contribution is 2.25. The Bertz CT molecular complexity index is 881. The van der Waals surface area contributed by atoms with E-state index in [1.165, 1.54) is 0 Å². The van der Waals surface area contributed by atoms with Crippen LogP contribution in [0.2, 0.25) is 10.0 Å². The fourth-order valence-electron chi connectivity index (χ4n) is 2.39. The molecule has 26 heavy (non-hydrogen) atoms. The molecule has 6 nitrogen and oxygen atoms in total. The number of guanidine groups is 1. The van der Waals surface area contributed by atoms with Crippen molar-refractivity contribution in [2.24, 2.45) is 4.99 Å². The van der Waals surface area contributed by atoms with Crippen molar-refractivity contribution >= 4 is 52.4 Å². The minimum absolute atomic E-state index is 0.0563. The van der Waals surface area contributed by atoms with Crippen molar-refractivity contribution in [1.82, 2.24) is 5.32 Å². The SMILES string of the molecule is Cc1ccc(NC(=O)C[C@@H]2N=C(Nc3ccc(Cl)cc3Cl)NC2=O)cc1. The van der Waals surface area contributed by atoms with Crippen molar-refractivity contribution in [1.29, 1.82) is 0 Å². The average molecular weight is 391 g/mol. The molecule has 2 aromatic rings. The molecule has 0 spiro atoms. The molecule has 134 valence electrons. The van der Waals surface area contributed by atoms with Crippen LogP contribution in [-0.2, 0) is 9.59 Å². The zero-order valence-electron chi connectivity index (χ0n) is 13.8. The normalized spacial score (nSPS) is 16.0. The molecule has 0 saturated heterocycles. The van der Waals surface area contributed by atoms with E-state index in [-0.39, 0.29) is 24.2 Å². The number of aliphatic imine (C=N–C) groups is 1. The first-order valence-electron chi connectivity index (χ1n) is 7.88. The summed E-state index contributed by atoms with van der Waals surface area (Å²) < 4.78 is 0. The fourth-order valence-corrected chi connectivity index (χ4v) is 2.85. The predicted octanol–water partition coefficient (Wildman–Crippen LogP) is 3.60. The molecule has 3 N–H and O–H groups in total. The van der Waals surface area contributed by atoms with Crippen molar-refractivity contribution < 1.29 is 9.59 Å². The van der Waals surface area contributed by atoms with Crippen molar-refractivity contribution in [2.45, 2.75) is 19.4 Å². The Hall–Kier alpha value is -2.57. The van der Waals surface area contributed by atoms with Gasteiger partial charge >= 0.3 is 0 Å². The second kappa shape index (κ2) is 7.76. The predicted molar refractivity (Wildman–Crippen MR) is 104 cm³/mol. The van der Waals surface area contributed by atoms with Gasteiger partial charge in [0.25, 0.3) is 5.91 Å². The molecule has 0 fully saturated rings.